The Morgan fingerprint density at radius 3 is 2.40 bits per heavy atom. The summed E-state index contributed by atoms with van der Waals surface area (Å²) < 4.78 is 16.6. The summed E-state index contributed by atoms with van der Waals surface area (Å²) in [5.74, 6) is 0.632. The molecule has 2 aliphatic rings. The first-order chi connectivity index (χ1) is 25.2. The Hall–Kier alpha value is -5.11. The maximum absolute atomic E-state index is 13.7. The number of piperidine rings is 1. The second kappa shape index (κ2) is 16.5. The Kier molecular flexibility index (Phi) is 11.6. The molecule has 13 heteroatoms. The minimum atomic E-state index is -1.08. The average molecular weight is 710 g/mol. The van der Waals surface area contributed by atoms with Gasteiger partial charge in [0, 0.05) is 68.3 Å². The van der Waals surface area contributed by atoms with Crippen LogP contribution in [0.15, 0.2) is 71.8 Å². The molecule has 3 aromatic carbocycles. The van der Waals surface area contributed by atoms with Crippen LogP contribution >= 0.6 is 0 Å². The second-order valence-corrected chi connectivity index (χ2v) is 13.6. The van der Waals surface area contributed by atoms with E-state index in [2.05, 4.69) is 26.0 Å². The summed E-state index contributed by atoms with van der Waals surface area (Å²) >= 11 is 0. The quantitative estimate of drug-likeness (QED) is 0.102. The van der Waals surface area contributed by atoms with Crippen LogP contribution < -0.4 is 15.5 Å². The molecule has 0 bridgehead atoms. The number of hydrogen-bond donors (Lipinski definition) is 3. The Balaban J connectivity index is 1.01. The maximum atomic E-state index is 13.7. The number of methoxy groups -OCH3 is 2. The van der Waals surface area contributed by atoms with Gasteiger partial charge < -0.3 is 24.4 Å². The normalized spacial score (nSPS) is 18.0. The second-order valence-electron chi connectivity index (χ2n) is 13.6. The molecule has 2 fully saturated rings. The van der Waals surface area contributed by atoms with Gasteiger partial charge in [-0.1, -0.05) is 12.1 Å². The SMILES string of the molecule is COCCOc1ccc(-c2n[nH]c3ccc(NC(=O)[C@]4(OC)CCN(CC(=O)N5CCC(c6ccc(C(=O)NN=C(C)C)cc6)CC5)C4)cc23)cc1. The summed E-state index contributed by atoms with van der Waals surface area (Å²) in [6.45, 7) is 7.06. The minimum absolute atomic E-state index is 0.0528. The molecule has 0 unspecified atom stereocenters. The molecular formula is C39H47N7O6. The number of amides is 3. The lowest BCUT2D eigenvalue weighted by Gasteiger charge is -2.33. The van der Waals surface area contributed by atoms with Crippen molar-refractivity contribution < 1.29 is 28.6 Å². The lowest BCUT2D eigenvalue weighted by atomic mass is 9.89. The van der Waals surface area contributed by atoms with E-state index in [0.29, 0.717) is 63.0 Å². The van der Waals surface area contributed by atoms with Crippen LogP contribution in [0.1, 0.15) is 54.9 Å². The number of rotatable bonds is 13. The third-order valence-corrected chi connectivity index (χ3v) is 9.85. The zero-order valence-corrected chi connectivity index (χ0v) is 30.2. The monoisotopic (exact) mass is 709 g/mol. The first-order valence-corrected chi connectivity index (χ1v) is 17.7. The summed E-state index contributed by atoms with van der Waals surface area (Å²) in [5.41, 5.74) is 7.13. The fraction of sp³-hybridized carbons (Fsp3) is 0.410. The molecule has 0 aliphatic carbocycles. The van der Waals surface area contributed by atoms with Crippen molar-refractivity contribution in [3.63, 3.8) is 0 Å². The van der Waals surface area contributed by atoms with Gasteiger partial charge in [-0.15, -0.1) is 0 Å². The van der Waals surface area contributed by atoms with E-state index < -0.39 is 5.60 Å². The van der Waals surface area contributed by atoms with Crippen LogP contribution in [0.4, 0.5) is 5.69 Å². The summed E-state index contributed by atoms with van der Waals surface area (Å²) in [4.78, 5) is 43.3. The molecule has 1 atom stereocenters. The number of likely N-dealkylation sites (tertiary alicyclic amines) is 2. The predicted octanol–water partition coefficient (Wildman–Crippen LogP) is 4.82. The van der Waals surface area contributed by atoms with E-state index in [9.17, 15) is 14.4 Å². The molecule has 0 radical (unpaired) electrons. The number of hydrogen-bond acceptors (Lipinski definition) is 9. The Morgan fingerprint density at radius 2 is 1.71 bits per heavy atom. The van der Waals surface area contributed by atoms with Gasteiger partial charge in [0.1, 0.15) is 12.4 Å². The van der Waals surface area contributed by atoms with E-state index in [-0.39, 0.29) is 24.3 Å². The standard InChI is InChI=1S/C39H47N7O6/c1-26(2)41-44-37(48)30-7-5-27(6-8-30)28-15-18-46(19-16-28)35(47)24-45-20-17-39(25-45,51-4)38(49)40-31-11-14-34-33(23-31)36(43-42-34)29-9-12-32(13-10-29)52-22-21-50-3/h5-14,23,28H,15-22,24-25H2,1-4H3,(H,40,49)(H,42,43)(H,44,48)/t39-/m0/s1. The first-order valence-electron chi connectivity index (χ1n) is 17.7. The van der Waals surface area contributed by atoms with Crippen molar-refractivity contribution in [2.45, 2.75) is 44.6 Å². The molecule has 13 nitrogen and oxygen atoms in total. The van der Waals surface area contributed by atoms with Crippen molar-refractivity contribution in [3.05, 3.63) is 77.9 Å². The molecule has 0 spiro atoms. The Bertz CT molecular complexity index is 1900. The molecule has 1 aromatic heterocycles. The van der Waals surface area contributed by atoms with Crippen molar-refractivity contribution in [2.24, 2.45) is 5.10 Å². The van der Waals surface area contributed by atoms with Crippen LogP contribution in [0.25, 0.3) is 22.2 Å². The summed E-state index contributed by atoms with van der Waals surface area (Å²) in [6, 6.07) is 21.0. The van der Waals surface area contributed by atoms with E-state index in [1.807, 2.05) is 90.4 Å². The number of nitrogens with zero attached hydrogens (tertiary/aromatic N) is 4. The highest BCUT2D eigenvalue weighted by Crippen LogP contribution is 2.32. The highest BCUT2D eigenvalue weighted by Gasteiger charge is 2.45. The minimum Gasteiger partial charge on any atom is -0.491 e. The molecule has 3 amide bonds. The van der Waals surface area contributed by atoms with Crippen molar-refractivity contribution in [1.29, 1.82) is 0 Å². The fourth-order valence-electron chi connectivity index (χ4n) is 6.83. The van der Waals surface area contributed by atoms with Crippen molar-refractivity contribution >= 4 is 40.0 Å². The summed E-state index contributed by atoms with van der Waals surface area (Å²) in [7, 11) is 3.19. The molecule has 52 heavy (non-hydrogen) atoms. The number of hydrazone groups is 1. The van der Waals surface area contributed by atoms with Crippen LogP contribution in [0.5, 0.6) is 5.75 Å². The Morgan fingerprint density at radius 1 is 0.962 bits per heavy atom. The highest BCUT2D eigenvalue weighted by atomic mass is 16.5. The summed E-state index contributed by atoms with van der Waals surface area (Å²) in [6.07, 6.45) is 2.16. The van der Waals surface area contributed by atoms with Crippen LogP contribution in [0, 0.1) is 0 Å². The molecule has 3 N–H and O–H groups in total. The number of carbonyl (C=O) groups is 3. The number of aromatic amines is 1. The van der Waals surface area contributed by atoms with Gasteiger partial charge in [0.25, 0.3) is 11.8 Å². The number of ether oxygens (including phenoxy) is 3. The zero-order valence-electron chi connectivity index (χ0n) is 30.2. The van der Waals surface area contributed by atoms with E-state index in [1.165, 1.54) is 0 Å². The molecule has 0 saturated carbocycles. The van der Waals surface area contributed by atoms with Gasteiger partial charge in [-0.05, 0) is 99.2 Å². The van der Waals surface area contributed by atoms with Gasteiger partial charge in [0.15, 0.2) is 5.60 Å². The highest BCUT2D eigenvalue weighted by molar-refractivity contribution is 6.01. The van der Waals surface area contributed by atoms with Crippen molar-refractivity contribution in [1.82, 2.24) is 25.4 Å². The predicted molar refractivity (Wildman–Crippen MR) is 200 cm³/mol. The van der Waals surface area contributed by atoms with E-state index in [0.717, 1.165) is 52.0 Å². The number of fused-ring (bicyclic) bond motifs is 1. The van der Waals surface area contributed by atoms with Crippen LogP contribution in [0.3, 0.4) is 0 Å². The molecule has 4 aromatic rings. The molecule has 2 aliphatic heterocycles. The lowest BCUT2D eigenvalue weighted by Crippen LogP contribution is -2.48. The largest absolute Gasteiger partial charge is 0.491 e. The number of aromatic nitrogens is 2. The molecule has 2 saturated heterocycles. The summed E-state index contributed by atoms with van der Waals surface area (Å²) in [5, 5.41) is 15.5. The topological polar surface area (TPSA) is 150 Å². The fourth-order valence-corrected chi connectivity index (χ4v) is 6.83. The first kappa shape index (κ1) is 36.7. The van der Waals surface area contributed by atoms with Crippen LogP contribution in [-0.4, -0.2) is 109 Å². The third-order valence-electron chi connectivity index (χ3n) is 9.85. The van der Waals surface area contributed by atoms with E-state index in [1.54, 1.807) is 14.2 Å². The zero-order chi connectivity index (χ0) is 36.7. The van der Waals surface area contributed by atoms with E-state index in [4.69, 9.17) is 14.2 Å². The number of H-pyrrole nitrogens is 1. The Labute approximate surface area is 303 Å². The van der Waals surface area contributed by atoms with Crippen LogP contribution in [-0.2, 0) is 19.1 Å². The van der Waals surface area contributed by atoms with Gasteiger partial charge >= 0.3 is 0 Å². The molecule has 3 heterocycles. The smallest absolute Gasteiger partial charge is 0.271 e. The molecule has 6 rings (SSSR count). The van der Waals surface area contributed by atoms with Gasteiger partial charge in [-0.25, -0.2) is 5.43 Å². The maximum Gasteiger partial charge on any atom is 0.271 e. The van der Waals surface area contributed by atoms with Crippen LogP contribution in [0.2, 0.25) is 0 Å². The number of anilines is 1. The van der Waals surface area contributed by atoms with Crippen molar-refractivity contribution in [3.8, 4) is 17.0 Å². The number of benzene rings is 3. The van der Waals surface area contributed by atoms with Gasteiger partial charge in [0.2, 0.25) is 5.91 Å². The van der Waals surface area contributed by atoms with Gasteiger partial charge in [-0.2, -0.15) is 10.2 Å². The van der Waals surface area contributed by atoms with Gasteiger partial charge in [-0.3, -0.25) is 24.4 Å². The van der Waals surface area contributed by atoms with Crippen molar-refractivity contribution in [2.75, 3.05) is 65.5 Å². The lowest BCUT2D eigenvalue weighted by molar-refractivity contribution is -0.138. The number of nitrogens with one attached hydrogen (secondary N) is 3. The number of carbonyl (C=O) groups excluding carboxylic acids is 3. The van der Waals surface area contributed by atoms with E-state index >= 15 is 0 Å². The third kappa shape index (κ3) is 8.50. The molecular weight excluding hydrogens is 662 g/mol. The van der Waals surface area contributed by atoms with Gasteiger partial charge in [0.05, 0.1) is 24.4 Å². The average Bonchev–Trinajstić information content (AvgIpc) is 3.79. The molecule has 274 valence electrons.